The van der Waals surface area contributed by atoms with Crippen molar-refractivity contribution in [3.05, 3.63) is 34.7 Å². The minimum atomic E-state index is -0.207. The van der Waals surface area contributed by atoms with Crippen LogP contribution in [0.15, 0.2) is 17.7 Å². The highest BCUT2D eigenvalue weighted by Gasteiger charge is 2.27. The van der Waals surface area contributed by atoms with Crippen LogP contribution in [0.3, 0.4) is 0 Å². The van der Waals surface area contributed by atoms with Gasteiger partial charge in [-0.3, -0.25) is 9.69 Å². The second-order valence-corrected chi connectivity index (χ2v) is 10.4. The number of pyridine rings is 1. The molecule has 0 aromatic carbocycles. The Kier molecular flexibility index (Phi) is 6.89. The summed E-state index contributed by atoms with van der Waals surface area (Å²) < 4.78 is 1.96. The number of rotatable bonds is 5. The van der Waals surface area contributed by atoms with Gasteiger partial charge in [-0.15, -0.1) is 0 Å². The third-order valence-corrected chi connectivity index (χ3v) is 5.98. The van der Waals surface area contributed by atoms with Gasteiger partial charge in [0.1, 0.15) is 0 Å². The van der Waals surface area contributed by atoms with E-state index in [1.807, 2.05) is 17.7 Å². The summed E-state index contributed by atoms with van der Waals surface area (Å²) in [7, 11) is 0. The van der Waals surface area contributed by atoms with E-state index in [1.54, 1.807) is 0 Å². The van der Waals surface area contributed by atoms with Crippen molar-refractivity contribution in [2.45, 2.75) is 85.7 Å². The Morgan fingerprint density at radius 3 is 2.45 bits per heavy atom. The lowest BCUT2D eigenvalue weighted by Gasteiger charge is -2.31. The number of amides is 1. The molecule has 3 heterocycles. The molecule has 0 spiro atoms. The van der Waals surface area contributed by atoms with E-state index in [9.17, 15) is 4.79 Å². The zero-order chi connectivity index (χ0) is 22.9. The van der Waals surface area contributed by atoms with Gasteiger partial charge in [-0.1, -0.05) is 25.5 Å². The van der Waals surface area contributed by atoms with Crippen molar-refractivity contribution in [2.24, 2.45) is 0 Å². The molecular formula is C25H39N5O. The van der Waals surface area contributed by atoms with E-state index in [-0.39, 0.29) is 23.4 Å². The molecule has 1 aliphatic heterocycles. The van der Waals surface area contributed by atoms with Gasteiger partial charge in [0.2, 0.25) is 0 Å². The summed E-state index contributed by atoms with van der Waals surface area (Å²) in [5.74, 6) is 0.228. The number of aromatic nitrogens is 3. The molecule has 1 saturated heterocycles. The first-order valence-corrected chi connectivity index (χ1v) is 11.5. The highest BCUT2D eigenvalue weighted by atomic mass is 16.1. The molecule has 0 radical (unpaired) electrons. The van der Waals surface area contributed by atoms with Gasteiger partial charge < -0.3 is 5.32 Å². The van der Waals surface area contributed by atoms with Crippen LogP contribution >= 0.6 is 0 Å². The zero-order valence-electron chi connectivity index (χ0n) is 20.5. The van der Waals surface area contributed by atoms with E-state index in [0.29, 0.717) is 5.56 Å². The topological polar surface area (TPSA) is 63.1 Å². The quantitative estimate of drug-likeness (QED) is 0.701. The maximum atomic E-state index is 13.4. The van der Waals surface area contributed by atoms with Gasteiger partial charge in [-0.25, -0.2) is 9.67 Å². The number of hydrogen-bond donors (Lipinski definition) is 1. The van der Waals surface area contributed by atoms with Gasteiger partial charge in [0.25, 0.3) is 5.91 Å². The molecule has 6 heteroatoms. The normalized spacial score (nSPS) is 16.2. The first kappa shape index (κ1) is 23.5. The summed E-state index contributed by atoms with van der Waals surface area (Å²) in [5, 5.41) is 8.94. The van der Waals surface area contributed by atoms with Gasteiger partial charge in [0, 0.05) is 31.4 Å². The molecular weight excluding hydrogens is 386 g/mol. The maximum absolute atomic E-state index is 13.4. The van der Waals surface area contributed by atoms with E-state index in [4.69, 9.17) is 10.1 Å². The minimum Gasteiger partial charge on any atom is -0.349 e. The standard InChI is InChI=1S/C25H39N5O/c1-16(2)9-12-29-13-10-19(11-14-29)26-24(31)20-15-21(17(3)4)27-23-22(20)18(5)28-30(23)25(6,7)8/h9,15,17,19H,10-14H2,1-8H3,(H,26,31). The van der Waals surface area contributed by atoms with Crippen LogP contribution in [-0.4, -0.2) is 51.2 Å². The number of nitrogens with one attached hydrogen (secondary N) is 1. The first-order chi connectivity index (χ1) is 14.5. The molecule has 31 heavy (non-hydrogen) atoms. The van der Waals surface area contributed by atoms with Gasteiger partial charge in [-0.05, 0) is 66.4 Å². The fraction of sp³-hybridized carbons (Fsp3) is 0.640. The summed E-state index contributed by atoms with van der Waals surface area (Å²) in [6, 6.07) is 2.17. The molecule has 1 amide bonds. The van der Waals surface area contributed by atoms with E-state index in [2.05, 4.69) is 64.8 Å². The lowest BCUT2D eigenvalue weighted by atomic mass is 10.0. The lowest BCUT2D eigenvalue weighted by molar-refractivity contribution is 0.0915. The largest absolute Gasteiger partial charge is 0.349 e. The van der Waals surface area contributed by atoms with Crippen LogP contribution in [0.25, 0.3) is 11.0 Å². The van der Waals surface area contributed by atoms with Crippen LogP contribution in [0.1, 0.15) is 89.0 Å². The highest BCUT2D eigenvalue weighted by Crippen LogP contribution is 2.29. The molecule has 2 aromatic heterocycles. The van der Waals surface area contributed by atoms with Gasteiger partial charge in [0.15, 0.2) is 5.65 Å². The highest BCUT2D eigenvalue weighted by molar-refractivity contribution is 6.06. The predicted octanol–water partition coefficient (Wildman–Crippen LogP) is 4.78. The van der Waals surface area contributed by atoms with Crippen LogP contribution in [0, 0.1) is 6.92 Å². The summed E-state index contributed by atoms with van der Waals surface area (Å²) in [6.07, 6.45) is 4.23. The molecule has 6 nitrogen and oxygen atoms in total. The number of carbonyl (C=O) groups is 1. The second-order valence-electron chi connectivity index (χ2n) is 10.4. The number of allylic oxidation sites excluding steroid dienone is 1. The van der Waals surface area contributed by atoms with Crippen LogP contribution < -0.4 is 5.32 Å². The van der Waals surface area contributed by atoms with E-state index in [1.165, 1.54) is 5.57 Å². The number of hydrogen-bond acceptors (Lipinski definition) is 4. The number of fused-ring (bicyclic) bond motifs is 1. The summed E-state index contributed by atoms with van der Waals surface area (Å²) in [6.45, 7) is 19.8. The average molecular weight is 426 g/mol. The van der Waals surface area contributed by atoms with Crippen LogP contribution in [-0.2, 0) is 5.54 Å². The van der Waals surface area contributed by atoms with Gasteiger partial charge in [-0.2, -0.15) is 5.10 Å². The second kappa shape index (κ2) is 9.11. The molecule has 0 atom stereocenters. The number of aryl methyl sites for hydroxylation is 1. The first-order valence-electron chi connectivity index (χ1n) is 11.5. The smallest absolute Gasteiger partial charge is 0.252 e. The Labute approximate surface area is 187 Å². The fourth-order valence-corrected chi connectivity index (χ4v) is 4.09. The molecule has 170 valence electrons. The Bertz CT molecular complexity index is 968. The third-order valence-electron chi connectivity index (χ3n) is 5.98. The molecule has 0 unspecified atom stereocenters. The Morgan fingerprint density at radius 2 is 1.90 bits per heavy atom. The van der Waals surface area contributed by atoms with Crippen molar-refractivity contribution in [1.82, 2.24) is 25.0 Å². The molecule has 0 aliphatic carbocycles. The zero-order valence-corrected chi connectivity index (χ0v) is 20.5. The van der Waals surface area contributed by atoms with Crippen molar-refractivity contribution < 1.29 is 4.79 Å². The lowest BCUT2D eigenvalue weighted by Crippen LogP contribution is -2.44. The molecule has 2 aromatic rings. The Morgan fingerprint density at radius 1 is 1.26 bits per heavy atom. The molecule has 0 bridgehead atoms. The molecule has 1 N–H and O–H groups in total. The van der Waals surface area contributed by atoms with Crippen molar-refractivity contribution >= 4 is 16.9 Å². The maximum Gasteiger partial charge on any atom is 0.252 e. The van der Waals surface area contributed by atoms with Crippen molar-refractivity contribution in [2.75, 3.05) is 19.6 Å². The molecule has 0 saturated carbocycles. The van der Waals surface area contributed by atoms with Crippen LogP contribution in [0.2, 0.25) is 0 Å². The van der Waals surface area contributed by atoms with E-state index in [0.717, 1.165) is 54.9 Å². The van der Waals surface area contributed by atoms with Crippen LogP contribution in [0.4, 0.5) is 0 Å². The minimum absolute atomic E-state index is 0.00592. The number of carbonyl (C=O) groups excluding carboxylic acids is 1. The van der Waals surface area contributed by atoms with Crippen molar-refractivity contribution in [1.29, 1.82) is 0 Å². The third kappa shape index (κ3) is 5.35. The van der Waals surface area contributed by atoms with Gasteiger partial charge in [0.05, 0.1) is 22.2 Å². The van der Waals surface area contributed by atoms with E-state index < -0.39 is 0 Å². The number of likely N-dealkylation sites (tertiary alicyclic amines) is 1. The van der Waals surface area contributed by atoms with Crippen LogP contribution in [0.5, 0.6) is 0 Å². The van der Waals surface area contributed by atoms with Crippen molar-refractivity contribution in [3.8, 4) is 0 Å². The summed E-state index contributed by atoms with van der Waals surface area (Å²) >= 11 is 0. The SMILES string of the molecule is CC(C)=CCN1CCC(NC(=O)c2cc(C(C)C)nc3c2c(C)nn3C(C)(C)C)CC1. The van der Waals surface area contributed by atoms with Crippen molar-refractivity contribution in [3.63, 3.8) is 0 Å². The molecule has 1 aliphatic rings. The Balaban J connectivity index is 1.86. The number of piperidine rings is 1. The predicted molar refractivity (Wildman–Crippen MR) is 128 cm³/mol. The number of nitrogens with zero attached hydrogens (tertiary/aromatic N) is 4. The monoisotopic (exact) mass is 425 g/mol. The Hall–Kier alpha value is -2.21. The fourth-order valence-electron chi connectivity index (χ4n) is 4.09. The molecule has 3 rings (SSSR count). The summed E-state index contributed by atoms with van der Waals surface area (Å²) in [5.41, 5.74) is 4.44. The van der Waals surface area contributed by atoms with Gasteiger partial charge >= 0.3 is 0 Å². The average Bonchev–Trinajstić information content (AvgIpc) is 3.03. The van der Waals surface area contributed by atoms with E-state index >= 15 is 0 Å². The summed E-state index contributed by atoms with van der Waals surface area (Å²) in [4.78, 5) is 20.8. The molecule has 1 fully saturated rings.